The molecular weight excluding hydrogens is 327 g/mol. The zero-order chi connectivity index (χ0) is 19.2. The third-order valence-corrected chi connectivity index (χ3v) is 3.63. The van der Waals surface area contributed by atoms with Gasteiger partial charge in [0.15, 0.2) is 0 Å². The van der Waals surface area contributed by atoms with E-state index in [9.17, 15) is 14.7 Å². The third-order valence-electron chi connectivity index (χ3n) is 3.63. The molecule has 0 aromatic rings. The van der Waals surface area contributed by atoms with Crippen LogP contribution in [0.3, 0.4) is 0 Å². The number of carboxylic acid groups (broad SMARTS) is 2. The van der Waals surface area contributed by atoms with Crippen molar-refractivity contribution in [2.24, 2.45) is 10.8 Å². The molecule has 0 saturated heterocycles. The molecule has 5 heteroatoms. The van der Waals surface area contributed by atoms with Crippen LogP contribution >= 0.6 is 0 Å². The Morgan fingerprint density at radius 1 is 0.720 bits per heavy atom. The van der Waals surface area contributed by atoms with Crippen molar-refractivity contribution in [2.45, 2.75) is 106 Å². The Hall–Kier alpha value is -0.0600. The fourth-order valence-corrected chi connectivity index (χ4v) is 2.21. The largest absolute Gasteiger partial charge is 1.00 e. The summed E-state index contributed by atoms with van der Waals surface area (Å²) in [6.45, 7) is 13.2. The van der Waals surface area contributed by atoms with E-state index in [0.29, 0.717) is 17.3 Å². The van der Waals surface area contributed by atoms with E-state index < -0.39 is 11.9 Å². The second kappa shape index (κ2) is 16.1. The van der Waals surface area contributed by atoms with Gasteiger partial charge in [-0.05, 0) is 42.9 Å². The second-order valence-corrected chi connectivity index (χ2v) is 9.01. The summed E-state index contributed by atoms with van der Waals surface area (Å²) in [6, 6.07) is 0. The van der Waals surface area contributed by atoms with Crippen molar-refractivity contribution in [3.63, 3.8) is 0 Å². The van der Waals surface area contributed by atoms with E-state index in [4.69, 9.17) is 5.11 Å². The van der Waals surface area contributed by atoms with Gasteiger partial charge in [-0.25, -0.2) is 0 Å². The average molecular weight is 367 g/mol. The third kappa shape index (κ3) is 35.8. The number of unbranched alkanes of at least 4 members (excludes halogenated alkanes) is 4. The average Bonchev–Trinajstić information content (AvgIpc) is 2.35. The first-order valence-electron chi connectivity index (χ1n) is 9.25. The molecule has 0 amide bonds. The van der Waals surface area contributed by atoms with Gasteiger partial charge in [0.05, 0.1) is 0 Å². The number of hydrogen-bond donors (Lipinski definition) is 1. The van der Waals surface area contributed by atoms with Gasteiger partial charge in [-0.1, -0.05) is 67.2 Å². The van der Waals surface area contributed by atoms with Crippen LogP contribution in [0.15, 0.2) is 0 Å². The topological polar surface area (TPSA) is 77.4 Å². The van der Waals surface area contributed by atoms with Crippen molar-refractivity contribution in [1.82, 2.24) is 0 Å². The van der Waals surface area contributed by atoms with Crippen molar-refractivity contribution in [3.05, 3.63) is 0 Å². The van der Waals surface area contributed by atoms with E-state index in [2.05, 4.69) is 41.5 Å². The van der Waals surface area contributed by atoms with Gasteiger partial charge in [0.1, 0.15) is 0 Å². The molecule has 0 unspecified atom stereocenters. The van der Waals surface area contributed by atoms with Crippen LogP contribution in [0.1, 0.15) is 106 Å². The minimum Gasteiger partial charge on any atom is -0.550 e. The molecular formula is C20H39NaO4. The van der Waals surface area contributed by atoms with Crippen molar-refractivity contribution in [3.8, 4) is 0 Å². The molecule has 144 valence electrons. The van der Waals surface area contributed by atoms with Crippen molar-refractivity contribution in [2.75, 3.05) is 0 Å². The van der Waals surface area contributed by atoms with Crippen LogP contribution in [-0.2, 0) is 9.59 Å². The second-order valence-electron chi connectivity index (χ2n) is 9.01. The minimum atomic E-state index is -0.925. The Bertz CT molecular complexity index is 307. The summed E-state index contributed by atoms with van der Waals surface area (Å²) < 4.78 is 0. The van der Waals surface area contributed by atoms with E-state index in [1.165, 1.54) is 12.8 Å². The van der Waals surface area contributed by atoms with Crippen LogP contribution in [0, 0.1) is 10.8 Å². The monoisotopic (exact) mass is 366 g/mol. The van der Waals surface area contributed by atoms with Gasteiger partial charge in [-0.3, -0.25) is 4.79 Å². The molecule has 1 N–H and O–H groups in total. The summed E-state index contributed by atoms with van der Waals surface area (Å²) in [7, 11) is 0. The van der Waals surface area contributed by atoms with E-state index in [1.54, 1.807) is 0 Å². The Labute approximate surface area is 177 Å². The number of carbonyl (C=O) groups is 2. The molecule has 0 aliphatic carbocycles. The Morgan fingerprint density at radius 2 is 1.08 bits per heavy atom. The van der Waals surface area contributed by atoms with Gasteiger partial charge in [0.2, 0.25) is 0 Å². The molecule has 0 aromatic heterocycles. The number of rotatable bonds is 10. The van der Waals surface area contributed by atoms with Crippen molar-refractivity contribution < 1.29 is 49.4 Å². The molecule has 0 rings (SSSR count). The van der Waals surface area contributed by atoms with E-state index in [-0.39, 0.29) is 36.0 Å². The minimum absolute atomic E-state index is 0. The first-order valence-corrected chi connectivity index (χ1v) is 9.25. The zero-order valence-electron chi connectivity index (χ0n) is 17.7. The molecule has 0 fully saturated rings. The zero-order valence-corrected chi connectivity index (χ0v) is 19.7. The van der Waals surface area contributed by atoms with Crippen LogP contribution in [-0.4, -0.2) is 17.0 Å². The van der Waals surface area contributed by atoms with Gasteiger partial charge >= 0.3 is 35.5 Å². The Kier molecular flexibility index (Phi) is 19.2. The number of carbonyl (C=O) groups excluding carboxylic acids is 1. The summed E-state index contributed by atoms with van der Waals surface area (Å²) in [6.07, 6.45) is 8.80. The summed E-state index contributed by atoms with van der Waals surface area (Å²) >= 11 is 0. The fraction of sp³-hybridized carbons (Fsp3) is 0.900. The first kappa shape index (κ1) is 29.7. The predicted octanol–water partition coefficient (Wildman–Crippen LogP) is 1.80. The summed E-state index contributed by atoms with van der Waals surface area (Å²) in [4.78, 5) is 20.2. The Morgan fingerprint density at radius 3 is 1.36 bits per heavy atom. The first-order chi connectivity index (χ1) is 10.8. The fourth-order valence-electron chi connectivity index (χ4n) is 2.21. The Balaban J connectivity index is -0.000000372. The molecule has 0 aliphatic rings. The molecule has 0 aromatic carbocycles. The van der Waals surface area contributed by atoms with Gasteiger partial charge in [0.25, 0.3) is 0 Å². The van der Waals surface area contributed by atoms with Gasteiger partial charge in [-0.2, -0.15) is 0 Å². The smallest absolute Gasteiger partial charge is 0.550 e. The SMILES string of the molecule is CC(C)(C)CCCCCC(=O)O.CC(C)(C)CCCCCC(=O)[O-].[Na+]. The summed E-state index contributed by atoms with van der Waals surface area (Å²) in [5.41, 5.74) is 0.769. The van der Waals surface area contributed by atoms with Crippen molar-refractivity contribution in [1.29, 1.82) is 0 Å². The van der Waals surface area contributed by atoms with Crippen LogP contribution in [0.5, 0.6) is 0 Å². The normalized spacial score (nSPS) is 11.1. The molecule has 0 bridgehead atoms. The van der Waals surface area contributed by atoms with E-state index in [0.717, 1.165) is 38.5 Å². The molecule has 0 radical (unpaired) electrons. The van der Waals surface area contributed by atoms with Crippen LogP contribution in [0.4, 0.5) is 0 Å². The summed E-state index contributed by atoms with van der Waals surface area (Å²) in [5.74, 6) is -1.60. The maximum atomic E-state index is 10.2. The number of carboxylic acids is 2. The molecule has 4 nitrogen and oxygen atoms in total. The molecule has 0 aliphatic heterocycles. The quantitative estimate of drug-likeness (QED) is 0.472. The van der Waals surface area contributed by atoms with Crippen LogP contribution in [0.25, 0.3) is 0 Å². The van der Waals surface area contributed by atoms with Gasteiger partial charge in [-0.15, -0.1) is 0 Å². The number of aliphatic carboxylic acids is 2. The standard InChI is InChI=1S/2C10H20O2.Na/c2*1-10(2,3)8-6-4-5-7-9(11)12;/h2*4-8H2,1-3H3,(H,11,12);/q;;+1/p-1. The molecule has 0 saturated carbocycles. The summed E-state index contributed by atoms with van der Waals surface area (Å²) in [5, 5.41) is 18.4. The van der Waals surface area contributed by atoms with Crippen LogP contribution < -0.4 is 34.7 Å². The van der Waals surface area contributed by atoms with Crippen LogP contribution in [0.2, 0.25) is 0 Å². The van der Waals surface area contributed by atoms with Gasteiger partial charge in [0, 0.05) is 12.4 Å². The predicted molar refractivity (Wildman–Crippen MR) is 97.7 cm³/mol. The van der Waals surface area contributed by atoms with E-state index >= 15 is 0 Å². The maximum absolute atomic E-state index is 10.2. The van der Waals surface area contributed by atoms with E-state index in [1.807, 2.05) is 0 Å². The molecule has 25 heavy (non-hydrogen) atoms. The van der Waals surface area contributed by atoms with Crippen molar-refractivity contribution >= 4 is 11.9 Å². The number of hydrogen-bond acceptors (Lipinski definition) is 3. The molecule has 0 spiro atoms. The maximum Gasteiger partial charge on any atom is 1.00 e. The molecule has 0 atom stereocenters. The van der Waals surface area contributed by atoms with Gasteiger partial charge < -0.3 is 15.0 Å². The molecule has 0 heterocycles.